The SMILES string of the molecule is CC(C)c1cc2ccnn2cc1F. The number of aromatic nitrogens is 2. The lowest BCUT2D eigenvalue weighted by Crippen LogP contribution is -1.97. The van der Waals surface area contributed by atoms with Crippen molar-refractivity contribution in [3.05, 3.63) is 35.9 Å². The quantitative estimate of drug-likeness (QED) is 0.656. The van der Waals surface area contributed by atoms with Crippen LogP contribution in [0.1, 0.15) is 25.3 Å². The highest BCUT2D eigenvalue weighted by atomic mass is 19.1. The van der Waals surface area contributed by atoms with Gasteiger partial charge in [-0.15, -0.1) is 0 Å². The molecule has 0 aliphatic heterocycles. The lowest BCUT2D eigenvalue weighted by atomic mass is 10.0. The van der Waals surface area contributed by atoms with Gasteiger partial charge in [0, 0.05) is 6.20 Å². The molecule has 0 saturated heterocycles. The number of halogens is 1. The maximum absolute atomic E-state index is 13.4. The fourth-order valence-electron chi connectivity index (χ4n) is 1.40. The molecule has 0 aliphatic rings. The summed E-state index contributed by atoms with van der Waals surface area (Å²) in [4.78, 5) is 0. The highest BCUT2D eigenvalue weighted by Gasteiger charge is 2.08. The topological polar surface area (TPSA) is 17.3 Å². The molecule has 0 radical (unpaired) electrons. The molecule has 0 fully saturated rings. The summed E-state index contributed by atoms with van der Waals surface area (Å²) in [6, 6.07) is 3.71. The van der Waals surface area contributed by atoms with Gasteiger partial charge in [-0.05, 0) is 23.6 Å². The molecular weight excluding hydrogens is 167 g/mol. The number of nitrogens with zero attached hydrogens (tertiary/aromatic N) is 2. The van der Waals surface area contributed by atoms with Gasteiger partial charge in [-0.25, -0.2) is 8.91 Å². The van der Waals surface area contributed by atoms with Crippen molar-refractivity contribution in [2.45, 2.75) is 19.8 Å². The fraction of sp³-hybridized carbons (Fsp3) is 0.300. The van der Waals surface area contributed by atoms with E-state index in [1.165, 1.54) is 6.20 Å². The summed E-state index contributed by atoms with van der Waals surface area (Å²) < 4.78 is 14.9. The van der Waals surface area contributed by atoms with E-state index in [2.05, 4.69) is 5.10 Å². The molecule has 0 N–H and O–H groups in total. The minimum Gasteiger partial charge on any atom is -0.238 e. The first-order valence-electron chi connectivity index (χ1n) is 4.31. The average Bonchev–Trinajstić information content (AvgIpc) is 2.48. The molecule has 0 saturated carbocycles. The molecule has 68 valence electrons. The Morgan fingerprint density at radius 1 is 1.46 bits per heavy atom. The van der Waals surface area contributed by atoms with E-state index in [1.807, 2.05) is 26.0 Å². The highest BCUT2D eigenvalue weighted by Crippen LogP contribution is 2.19. The zero-order valence-corrected chi connectivity index (χ0v) is 7.66. The van der Waals surface area contributed by atoms with Crippen LogP contribution in [-0.2, 0) is 0 Å². The van der Waals surface area contributed by atoms with Gasteiger partial charge in [-0.2, -0.15) is 5.10 Å². The van der Waals surface area contributed by atoms with Crippen molar-refractivity contribution in [2.75, 3.05) is 0 Å². The summed E-state index contributed by atoms with van der Waals surface area (Å²) in [5.74, 6) is 0.0195. The molecule has 13 heavy (non-hydrogen) atoms. The van der Waals surface area contributed by atoms with Crippen LogP contribution in [0.2, 0.25) is 0 Å². The van der Waals surface area contributed by atoms with Crippen LogP contribution in [0.25, 0.3) is 5.52 Å². The predicted molar refractivity (Wildman–Crippen MR) is 49.2 cm³/mol. The van der Waals surface area contributed by atoms with Gasteiger partial charge in [0.2, 0.25) is 0 Å². The second-order valence-corrected chi connectivity index (χ2v) is 3.43. The Morgan fingerprint density at radius 3 is 2.92 bits per heavy atom. The minimum atomic E-state index is -0.189. The monoisotopic (exact) mass is 178 g/mol. The van der Waals surface area contributed by atoms with Crippen LogP contribution in [0.15, 0.2) is 24.5 Å². The van der Waals surface area contributed by atoms with Gasteiger partial charge < -0.3 is 0 Å². The Bertz CT molecular complexity index is 431. The Morgan fingerprint density at radius 2 is 2.23 bits per heavy atom. The van der Waals surface area contributed by atoms with Crippen molar-refractivity contribution in [3.8, 4) is 0 Å². The molecule has 0 aliphatic carbocycles. The third kappa shape index (κ3) is 1.30. The van der Waals surface area contributed by atoms with Crippen molar-refractivity contribution < 1.29 is 4.39 Å². The van der Waals surface area contributed by atoms with Gasteiger partial charge >= 0.3 is 0 Å². The molecule has 2 rings (SSSR count). The summed E-state index contributed by atoms with van der Waals surface area (Å²) in [7, 11) is 0. The van der Waals surface area contributed by atoms with Crippen LogP contribution >= 0.6 is 0 Å². The van der Waals surface area contributed by atoms with E-state index in [4.69, 9.17) is 0 Å². The first kappa shape index (κ1) is 8.23. The molecular formula is C10H11FN2. The van der Waals surface area contributed by atoms with Gasteiger partial charge in [0.05, 0.1) is 11.7 Å². The summed E-state index contributed by atoms with van der Waals surface area (Å²) in [5.41, 5.74) is 1.68. The van der Waals surface area contributed by atoms with Crippen molar-refractivity contribution in [1.29, 1.82) is 0 Å². The first-order chi connectivity index (χ1) is 6.18. The minimum absolute atomic E-state index is 0.189. The van der Waals surface area contributed by atoms with Crippen LogP contribution in [-0.4, -0.2) is 9.61 Å². The Labute approximate surface area is 76.0 Å². The lowest BCUT2D eigenvalue weighted by molar-refractivity contribution is 0.586. The van der Waals surface area contributed by atoms with Gasteiger partial charge in [0.1, 0.15) is 5.82 Å². The molecule has 0 aromatic carbocycles. The molecule has 2 aromatic heterocycles. The van der Waals surface area contributed by atoms with Gasteiger partial charge in [-0.3, -0.25) is 0 Å². The molecule has 0 amide bonds. The maximum Gasteiger partial charge on any atom is 0.145 e. The van der Waals surface area contributed by atoms with E-state index in [9.17, 15) is 4.39 Å². The number of fused-ring (bicyclic) bond motifs is 1. The predicted octanol–water partition coefficient (Wildman–Crippen LogP) is 2.60. The third-order valence-corrected chi connectivity index (χ3v) is 2.14. The molecule has 0 unspecified atom stereocenters. The van der Waals surface area contributed by atoms with E-state index < -0.39 is 0 Å². The Kier molecular flexibility index (Phi) is 1.79. The smallest absolute Gasteiger partial charge is 0.145 e. The number of hydrogen-bond acceptors (Lipinski definition) is 1. The summed E-state index contributed by atoms with van der Waals surface area (Å²) in [6.45, 7) is 3.95. The average molecular weight is 178 g/mol. The lowest BCUT2D eigenvalue weighted by Gasteiger charge is -2.06. The van der Waals surface area contributed by atoms with Crippen LogP contribution in [0, 0.1) is 5.82 Å². The molecule has 2 nitrogen and oxygen atoms in total. The van der Waals surface area contributed by atoms with Crippen LogP contribution in [0.5, 0.6) is 0 Å². The first-order valence-corrected chi connectivity index (χ1v) is 4.31. The number of pyridine rings is 1. The second kappa shape index (κ2) is 2.83. The van der Waals surface area contributed by atoms with E-state index in [0.29, 0.717) is 0 Å². The zero-order valence-electron chi connectivity index (χ0n) is 7.66. The van der Waals surface area contributed by atoms with Gasteiger partial charge in [0.15, 0.2) is 0 Å². The summed E-state index contributed by atoms with van der Waals surface area (Å²) in [6.07, 6.45) is 3.09. The van der Waals surface area contributed by atoms with Crippen LogP contribution in [0.3, 0.4) is 0 Å². The van der Waals surface area contributed by atoms with Crippen molar-refractivity contribution in [2.24, 2.45) is 0 Å². The standard InChI is InChI=1S/C10H11FN2/c1-7(2)9-5-8-3-4-12-13(8)6-10(9)11/h3-7H,1-2H3. The Balaban J connectivity index is 2.69. The van der Waals surface area contributed by atoms with E-state index in [0.717, 1.165) is 11.1 Å². The largest absolute Gasteiger partial charge is 0.238 e. The maximum atomic E-state index is 13.4. The normalized spacial score (nSPS) is 11.4. The van der Waals surface area contributed by atoms with E-state index in [1.54, 1.807) is 10.7 Å². The van der Waals surface area contributed by atoms with Crippen molar-refractivity contribution in [3.63, 3.8) is 0 Å². The zero-order chi connectivity index (χ0) is 9.42. The third-order valence-electron chi connectivity index (χ3n) is 2.14. The molecule has 0 bridgehead atoms. The molecule has 3 heteroatoms. The Hall–Kier alpha value is -1.38. The fourth-order valence-corrected chi connectivity index (χ4v) is 1.40. The number of hydrogen-bond donors (Lipinski definition) is 0. The molecule has 0 spiro atoms. The van der Waals surface area contributed by atoms with Gasteiger partial charge in [0.25, 0.3) is 0 Å². The van der Waals surface area contributed by atoms with Crippen LogP contribution in [0.4, 0.5) is 4.39 Å². The molecule has 2 heterocycles. The number of rotatable bonds is 1. The molecule has 2 aromatic rings. The van der Waals surface area contributed by atoms with E-state index >= 15 is 0 Å². The highest BCUT2D eigenvalue weighted by molar-refractivity contribution is 5.48. The van der Waals surface area contributed by atoms with E-state index in [-0.39, 0.29) is 11.7 Å². The second-order valence-electron chi connectivity index (χ2n) is 3.43. The van der Waals surface area contributed by atoms with Gasteiger partial charge in [-0.1, -0.05) is 13.8 Å². The van der Waals surface area contributed by atoms with Crippen molar-refractivity contribution >= 4 is 5.52 Å². The van der Waals surface area contributed by atoms with Crippen LogP contribution < -0.4 is 0 Å². The summed E-state index contributed by atoms with van der Waals surface area (Å²) >= 11 is 0. The summed E-state index contributed by atoms with van der Waals surface area (Å²) in [5, 5.41) is 3.96. The van der Waals surface area contributed by atoms with Crippen molar-refractivity contribution in [1.82, 2.24) is 9.61 Å². The molecule has 0 atom stereocenters.